The van der Waals surface area contributed by atoms with E-state index in [0.29, 0.717) is 11.0 Å². The molecule has 0 radical (unpaired) electrons. The SMILES string of the molecule is O=C(O)c1cc2cc(C=CCO)ccc2oc1=O. The molecule has 0 amide bonds. The zero-order chi connectivity index (χ0) is 13.1. The molecule has 0 saturated carbocycles. The highest BCUT2D eigenvalue weighted by molar-refractivity contribution is 5.92. The van der Waals surface area contributed by atoms with Crippen LogP contribution in [-0.4, -0.2) is 22.8 Å². The fraction of sp³-hybridized carbons (Fsp3) is 0.0769. The maximum atomic E-state index is 11.3. The van der Waals surface area contributed by atoms with E-state index in [2.05, 4.69) is 0 Å². The van der Waals surface area contributed by atoms with Crippen molar-refractivity contribution in [2.24, 2.45) is 0 Å². The standard InChI is InChI=1S/C13H10O5/c14-5-1-2-8-3-4-11-9(6-8)7-10(12(15)16)13(17)18-11/h1-4,6-7,14H,5H2,(H,15,16). The first-order valence-corrected chi connectivity index (χ1v) is 5.20. The van der Waals surface area contributed by atoms with Crippen LogP contribution in [0.2, 0.25) is 0 Å². The summed E-state index contributed by atoms with van der Waals surface area (Å²) in [6.45, 7) is -0.0811. The third kappa shape index (κ3) is 2.31. The average Bonchev–Trinajstić information content (AvgIpc) is 2.35. The molecule has 5 heteroatoms. The van der Waals surface area contributed by atoms with Crippen LogP contribution in [0.4, 0.5) is 0 Å². The van der Waals surface area contributed by atoms with Gasteiger partial charge in [0.1, 0.15) is 11.1 Å². The number of carboxylic acids is 1. The molecule has 0 bridgehead atoms. The van der Waals surface area contributed by atoms with E-state index < -0.39 is 17.2 Å². The van der Waals surface area contributed by atoms with Crippen LogP contribution in [0.15, 0.2) is 39.6 Å². The lowest BCUT2D eigenvalue weighted by Gasteiger charge is -2.00. The number of rotatable bonds is 3. The van der Waals surface area contributed by atoms with Crippen LogP contribution in [0, 0.1) is 0 Å². The minimum Gasteiger partial charge on any atom is -0.477 e. The molecule has 2 aromatic rings. The predicted octanol–water partition coefficient (Wildman–Crippen LogP) is 1.50. The number of hydrogen-bond acceptors (Lipinski definition) is 4. The number of aromatic carboxylic acids is 1. The Kier molecular flexibility index (Phi) is 3.25. The summed E-state index contributed by atoms with van der Waals surface area (Å²) in [6, 6.07) is 6.24. The van der Waals surface area contributed by atoms with Crippen molar-refractivity contribution in [2.75, 3.05) is 6.61 Å². The zero-order valence-corrected chi connectivity index (χ0v) is 9.29. The van der Waals surface area contributed by atoms with Gasteiger partial charge in [-0.25, -0.2) is 9.59 Å². The van der Waals surface area contributed by atoms with Crippen molar-refractivity contribution < 1.29 is 19.4 Å². The van der Waals surface area contributed by atoms with Gasteiger partial charge in [-0.05, 0) is 23.8 Å². The smallest absolute Gasteiger partial charge is 0.351 e. The summed E-state index contributed by atoms with van der Waals surface area (Å²) in [6.07, 6.45) is 3.24. The molecule has 1 heterocycles. The van der Waals surface area contributed by atoms with Crippen molar-refractivity contribution in [2.45, 2.75) is 0 Å². The normalized spacial score (nSPS) is 11.2. The molecule has 0 saturated heterocycles. The number of hydrogen-bond donors (Lipinski definition) is 2. The van der Waals surface area contributed by atoms with Crippen molar-refractivity contribution in [1.29, 1.82) is 0 Å². The van der Waals surface area contributed by atoms with Crippen LogP contribution in [0.3, 0.4) is 0 Å². The van der Waals surface area contributed by atoms with Gasteiger partial charge in [-0.15, -0.1) is 0 Å². The first-order chi connectivity index (χ1) is 8.61. The number of aliphatic hydroxyl groups is 1. The van der Waals surface area contributed by atoms with Gasteiger partial charge in [0, 0.05) is 5.39 Å². The van der Waals surface area contributed by atoms with Gasteiger partial charge in [0.2, 0.25) is 0 Å². The van der Waals surface area contributed by atoms with Gasteiger partial charge in [-0.3, -0.25) is 0 Å². The number of fused-ring (bicyclic) bond motifs is 1. The minimum absolute atomic E-state index is 0.0811. The van der Waals surface area contributed by atoms with Crippen LogP contribution in [0.5, 0.6) is 0 Å². The van der Waals surface area contributed by atoms with E-state index in [4.69, 9.17) is 14.6 Å². The second kappa shape index (κ2) is 4.85. The minimum atomic E-state index is -1.32. The lowest BCUT2D eigenvalue weighted by atomic mass is 10.1. The maximum Gasteiger partial charge on any atom is 0.351 e. The molecule has 0 unspecified atom stereocenters. The highest BCUT2D eigenvalue weighted by atomic mass is 16.4. The maximum absolute atomic E-state index is 11.3. The lowest BCUT2D eigenvalue weighted by Crippen LogP contribution is -2.12. The van der Waals surface area contributed by atoms with E-state index >= 15 is 0 Å². The lowest BCUT2D eigenvalue weighted by molar-refractivity contribution is 0.0692. The fourth-order valence-corrected chi connectivity index (χ4v) is 1.58. The van der Waals surface area contributed by atoms with Crippen LogP contribution in [0.1, 0.15) is 15.9 Å². The van der Waals surface area contributed by atoms with Gasteiger partial charge in [0.05, 0.1) is 6.61 Å². The van der Waals surface area contributed by atoms with Crippen molar-refractivity contribution in [1.82, 2.24) is 0 Å². The Morgan fingerprint density at radius 2 is 2.11 bits per heavy atom. The van der Waals surface area contributed by atoms with Crippen molar-refractivity contribution >= 4 is 23.0 Å². The van der Waals surface area contributed by atoms with E-state index in [1.54, 1.807) is 30.4 Å². The molecule has 0 fully saturated rings. The van der Waals surface area contributed by atoms with Crippen molar-refractivity contribution in [3.63, 3.8) is 0 Å². The van der Waals surface area contributed by atoms with Gasteiger partial charge < -0.3 is 14.6 Å². The molecular formula is C13H10O5. The highest BCUT2D eigenvalue weighted by Gasteiger charge is 2.11. The van der Waals surface area contributed by atoms with Crippen LogP contribution >= 0.6 is 0 Å². The molecular weight excluding hydrogens is 236 g/mol. The molecule has 5 nitrogen and oxygen atoms in total. The van der Waals surface area contributed by atoms with E-state index in [-0.39, 0.29) is 6.61 Å². The molecule has 2 N–H and O–H groups in total. The summed E-state index contributed by atoms with van der Waals surface area (Å²) in [5, 5.41) is 18.0. The number of benzene rings is 1. The van der Waals surface area contributed by atoms with Crippen LogP contribution in [-0.2, 0) is 0 Å². The summed E-state index contributed by atoms with van der Waals surface area (Å²) in [7, 11) is 0. The number of aliphatic hydroxyl groups excluding tert-OH is 1. The second-order valence-electron chi connectivity index (χ2n) is 3.63. The second-order valence-corrected chi connectivity index (χ2v) is 3.63. The number of carboxylic acid groups (broad SMARTS) is 1. The van der Waals surface area contributed by atoms with Gasteiger partial charge in [0.15, 0.2) is 0 Å². The third-order valence-corrected chi connectivity index (χ3v) is 2.40. The Morgan fingerprint density at radius 1 is 1.33 bits per heavy atom. The Labute approximate surface area is 102 Å². The van der Waals surface area contributed by atoms with E-state index in [0.717, 1.165) is 5.56 Å². The zero-order valence-electron chi connectivity index (χ0n) is 9.29. The van der Waals surface area contributed by atoms with Crippen molar-refractivity contribution in [3.8, 4) is 0 Å². The quantitative estimate of drug-likeness (QED) is 0.801. The van der Waals surface area contributed by atoms with Crippen LogP contribution < -0.4 is 5.63 Å². The molecule has 0 aliphatic carbocycles. The monoisotopic (exact) mass is 246 g/mol. The Morgan fingerprint density at radius 3 is 2.78 bits per heavy atom. The molecule has 1 aromatic carbocycles. The first-order valence-electron chi connectivity index (χ1n) is 5.20. The van der Waals surface area contributed by atoms with Gasteiger partial charge in [-0.2, -0.15) is 0 Å². The molecule has 0 aliphatic rings. The van der Waals surface area contributed by atoms with Crippen molar-refractivity contribution in [3.05, 3.63) is 51.9 Å². The molecule has 0 aliphatic heterocycles. The van der Waals surface area contributed by atoms with Crippen LogP contribution in [0.25, 0.3) is 17.0 Å². The van der Waals surface area contributed by atoms with E-state index in [9.17, 15) is 9.59 Å². The topological polar surface area (TPSA) is 87.7 Å². The molecule has 0 atom stereocenters. The summed E-state index contributed by atoms with van der Waals surface area (Å²) < 4.78 is 4.90. The summed E-state index contributed by atoms with van der Waals surface area (Å²) >= 11 is 0. The van der Waals surface area contributed by atoms with E-state index in [1.807, 2.05) is 0 Å². The molecule has 1 aromatic heterocycles. The largest absolute Gasteiger partial charge is 0.477 e. The number of carbonyl (C=O) groups is 1. The summed E-state index contributed by atoms with van der Waals surface area (Å²) in [5.41, 5.74) is -0.160. The third-order valence-electron chi connectivity index (χ3n) is 2.40. The molecule has 0 spiro atoms. The molecule has 18 heavy (non-hydrogen) atoms. The first kappa shape index (κ1) is 12.1. The Balaban J connectivity index is 2.61. The average molecular weight is 246 g/mol. The summed E-state index contributed by atoms with van der Waals surface area (Å²) in [4.78, 5) is 22.2. The Bertz CT molecular complexity index is 681. The van der Waals surface area contributed by atoms with Gasteiger partial charge in [-0.1, -0.05) is 18.2 Å². The molecule has 2 rings (SSSR count). The van der Waals surface area contributed by atoms with E-state index in [1.165, 1.54) is 6.07 Å². The predicted molar refractivity (Wildman–Crippen MR) is 65.6 cm³/mol. The van der Waals surface area contributed by atoms with Gasteiger partial charge >= 0.3 is 11.6 Å². The summed E-state index contributed by atoms with van der Waals surface area (Å²) in [5.74, 6) is -1.32. The highest BCUT2D eigenvalue weighted by Crippen LogP contribution is 2.16. The molecule has 92 valence electrons. The fourth-order valence-electron chi connectivity index (χ4n) is 1.58. The van der Waals surface area contributed by atoms with Gasteiger partial charge in [0.25, 0.3) is 0 Å². The Hall–Kier alpha value is -2.40.